The van der Waals surface area contributed by atoms with E-state index in [1.165, 1.54) is 24.3 Å². The van der Waals surface area contributed by atoms with Gasteiger partial charge in [0.15, 0.2) is 0 Å². The summed E-state index contributed by atoms with van der Waals surface area (Å²) < 4.78 is 14.8. The number of aryl methyl sites for hydroxylation is 1. The molecule has 0 unspecified atom stereocenters. The Morgan fingerprint density at radius 1 is 1.06 bits per heavy atom. The fraction of sp³-hybridized carbons (Fsp3) is 0.348. The van der Waals surface area contributed by atoms with Gasteiger partial charge in [-0.05, 0) is 43.3 Å². The van der Waals surface area contributed by atoms with Gasteiger partial charge in [-0.1, -0.05) is 6.07 Å². The third-order valence-corrected chi connectivity index (χ3v) is 5.83. The van der Waals surface area contributed by atoms with Crippen molar-refractivity contribution in [3.8, 4) is 0 Å². The summed E-state index contributed by atoms with van der Waals surface area (Å²) in [5.74, 6) is 0.262. The van der Waals surface area contributed by atoms with E-state index >= 15 is 0 Å². The molecule has 0 bridgehead atoms. The van der Waals surface area contributed by atoms with E-state index in [4.69, 9.17) is 0 Å². The van der Waals surface area contributed by atoms with Gasteiger partial charge in [0.2, 0.25) is 0 Å². The van der Waals surface area contributed by atoms with Crippen LogP contribution in [0, 0.1) is 12.7 Å². The Morgan fingerprint density at radius 2 is 1.77 bits per heavy atom. The lowest BCUT2D eigenvalue weighted by atomic mass is 10.1. The molecule has 3 aromatic rings. The highest BCUT2D eigenvalue weighted by atomic mass is 19.1. The quantitative estimate of drug-likeness (QED) is 0.682. The number of aromatic nitrogens is 2. The van der Waals surface area contributed by atoms with Crippen molar-refractivity contribution in [2.75, 3.05) is 45.1 Å². The Hall–Kier alpha value is -3.26. The molecule has 1 aliphatic rings. The average molecular weight is 423 g/mol. The molecule has 1 fully saturated rings. The number of carbonyl (C=O) groups excluding carboxylic acids is 1. The maximum Gasteiger partial charge on any atom is 0.263 e. The minimum absolute atomic E-state index is 0.0439. The fourth-order valence-corrected chi connectivity index (χ4v) is 4.04. The number of nitrogens with one attached hydrogen (secondary N) is 1. The Labute approximate surface area is 180 Å². The molecule has 0 aliphatic carbocycles. The third-order valence-electron chi connectivity index (χ3n) is 5.83. The van der Waals surface area contributed by atoms with Crippen molar-refractivity contribution in [3.05, 3.63) is 70.0 Å². The van der Waals surface area contributed by atoms with Gasteiger partial charge in [0, 0.05) is 57.6 Å². The average Bonchev–Trinajstić information content (AvgIpc) is 2.79. The lowest BCUT2D eigenvalue weighted by molar-refractivity contribution is 0.0632. The van der Waals surface area contributed by atoms with E-state index in [1.54, 1.807) is 16.5 Å². The van der Waals surface area contributed by atoms with Crippen molar-refractivity contribution in [2.24, 2.45) is 0 Å². The monoisotopic (exact) mass is 423 g/mol. The van der Waals surface area contributed by atoms with Crippen molar-refractivity contribution in [1.82, 2.24) is 19.4 Å². The first-order valence-corrected chi connectivity index (χ1v) is 10.4. The molecule has 1 saturated heterocycles. The van der Waals surface area contributed by atoms with Crippen LogP contribution in [0.15, 0.2) is 47.3 Å². The smallest absolute Gasteiger partial charge is 0.263 e. The van der Waals surface area contributed by atoms with E-state index in [0.717, 1.165) is 18.8 Å². The maximum atomic E-state index is 13.1. The van der Waals surface area contributed by atoms with Gasteiger partial charge in [-0.15, -0.1) is 0 Å². The molecule has 31 heavy (non-hydrogen) atoms. The number of rotatable bonds is 5. The fourth-order valence-electron chi connectivity index (χ4n) is 4.04. The van der Waals surface area contributed by atoms with Crippen LogP contribution in [-0.2, 0) is 6.54 Å². The molecule has 2 aromatic carbocycles. The van der Waals surface area contributed by atoms with E-state index in [2.05, 4.69) is 15.2 Å². The zero-order valence-electron chi connectivity index (χ0n) is 17.8. The van der Waals surface area contributed by atoms with Gasteiger partial charge < -0.3 is 10.2 Å². The Morgan fingerprint density at radius 3 is 2.45 bits per heavy atom. The summed E-state index contributed by atoms with van der Waals surface area (Å²) in [6.07, 6.45) is 0. The number of hydrogen-bond acceptors (Lipinski definition) is 5. The molecule has 1 aliphatic heterocycles. The van der Waals surface area contributed by atoms with Crippen LogP contribution in [0.3, 0.4) is 0 Å². The normalized spacial score (nSPS) is 14.7. The molecular weight excluding hydrogens is 397 g/mol. The van der Waals surface area contributed by atoms with Crippen LogP contribution in [0.25, 0.3) is 10.9 Å². The molecule has 4 rings (SSSR count). The van der Waals surface area contributed by atoms with E-state index in [9.17, 15) is 14.0 Å². The van der Waals surface area contributed by atoms with Gasteiger partial charge in [-0.3, -0.25) is 19.1 Å². The van der Waals surface area contributed by atoms with Gasteiger partial charge in [0.1, 0.15) is 11.6 Å². The SMILES string of the molecule is CNc1cccc2nc(C)n(CCN3CCN(C(=O)c4ccc(F)cc4)CC3)c(=O)c12. The molecule has 1 amide bonds. The van der Waals surface area contributed by atoms with Gasteiger partial charge in [-0.2, -0.15) is 0 Å². The largest absolute Gasteiger partial charge is 0.387 e. The maximum absolute atomic E-state index is 13.1. The Bertz CT molecular complexity index is 1150. The van der Waals surface area contributed by atoms with Crippen LogP contribution in [-0.4, -0.2) is 65.0 Å². The zero-order chi connectivity index (χ0) is 22.0. The summed E-state index contributed by atoms with van der Waals surface area (Å²) in [6.45, 7) is 5.75. The van der Waals surface area contributed by atoms with E-state index < -0.39 is 0 Å². The number of halogens is 1. The van der Waals surface area contributed by atoms with Crippen LogP contribution in [0.2, 0.25) is 0 Å². The number of carbonyl (C=O) groups is 1. The predicted octanol–water partition coefficient (Wildman–Crippen LogP) is 2.34. The molecule has 0 atom stereocenters. The Kier molecular flexibility index (Phi) is 5.99. The summed E-state index contributed by atoms with van der Waals surface area (Å²) >= 11 is 0. The van der Waals surface area contributed by atoms with Crippen LogP contribution in [0.4, 0.5) is 10.1 Å². The molecule has 0 spiro atoms. The van der Waals surface area contributed by atoms with Crippen molar-refractivity contribution in [1.29, 1.82) is 0 Å². The summed E-state index contributed by atoms with van der Waals surface area (Å²) in [5.41, 5.74) is 1.92. The highest BCUT2D eigenvalue weighted by Crippen LogP contribution is 2.18. The second-order valence-electron chi connectivity index (χ2n) is 7.71. The van der Waals surface area contributed by atoms with Crippen molar-refractivity contribution >= 4 is 22.5 Å². The minimum Gasteiger partial charge on any atom is -0.387 e. The van der Waals surface area contributed by atoms with Crippen molar-refractivity contribution < 1.29 is 9.18 Å². The zero-order valence-corrected chi connectivity index (χ0v) is 17.8. The molecule has 7 nitrogen and oxygen atoms in total. The summed E-state index contributed by atoms with van der Waals surface area (Å²) in [5, 5.41) is 3.68. The second kappa shape index (κ2) is 8.85. The van der Waals surface area contributed by atoms with Crippen LogP contribution >= 0.6 is 0 Å². The van der Waals surface area contributed by atoms with Gasteiger partial charge in [0.05, 0.1) is 10.9 Å². The number of benzene rings is 2. The first-order valence-electron chi connectivity index (χ1n) is 10.4. The third kappa shape index (κ3) is 4.29. The number of anilines is 1. The molecular formula is C23H26FN5O2. The van der Waals surface area contributed by atoms with Crippen molar-refractivity contribution in [2.45, 2.75) is 13.5 Å². The molecule has 0 radical (unpaired) electrons. The molecule has 0 saturated carbocycles. The molecule has 2 heterocycles. The first-order chi connectivity index (χ1) is 15.0. The number of piperazine rings is 1. The predicted molar refractivity (Wildman–Crippen MR) is 119 cm³/mol. The standard InChI is InChI=1S/C23H26FN5O2/c1-16-26-20-5-3-4-19(25-2)21(20)23(31)29(16)15-12-27-10-13-28(14-11-27)22(30)17-6-8-18(24)9-7-17/h3-9,25H,10-15H2,1-2H3. The van der Waals surface area contributed by atoms with Gasteiger partial charge in [-0.25, -0.2) is 9.37 Å². The number of nitrogens with zero attached hydrogens (tertiary/aromatic N) is 4. The van der Waals surface area contributed by atoms with E-state index in [0.29, 0.717) is 48.5 Å². The van der Waals surface area contributed by atoms with Crippen molar-refractivity contribution in [3.63, 3.8) is 0 Å². The first kappa shape index (κ1) is 21.0. The molecule has 1 N–H and O–H groups in total. The summed E-state index contributed by atoms with van der Waals surface area (Å²) in [6, 6.07) is 11.3. The highest BCUT2D eigenvalue weighted by molar-refractivity contribution is 5.94. The molecule has 8 heteroatoms. The summed E-state index contributed by atoms with van der Waals surface area (Å²) in [4.78, 5) is 34.3. The van der Waals surface area contributed by atoms with E-state index in [-0.39, 0.29) is 17.3 Å². The van der Waals surface area contributed by atoms with Gasteiger partial charge in [0.25, 0.3) is 11.5 Å². The topological polar surface area (TPSA) is 70.5 Å². The second-order valence-corrected chi connectivity index (χ2v) is 7.71. The van der Waals surface area contributed by atoms with Gasteiger partial charge >= 0.3 is 0 Å². The number of fused-ring (bicyclic) bond motifs is 1. The summed E-state index contributed by atoms with van der Waals surface area (Å²) in [7, 11) is 1.80. The number of amides is 1. The highest BCUT2D eigenvalue weighted by Gasteiger charge is 2.22. The lowest BCUT2D eigenvalue weighted by Crippen LogP contribution is -2.49. The lowest BCUT2D eigenvalue weighted by Gasteiger charge is -2.35. The molecule has 1 aromatic heterocycles. The number of hydrogen-bond donors (Lipinski definition) is 1. The van der Waals surface area contributed by atoms with Crippen LogP contribution < -0.4 is 10.9 Å². The van der Waals surface area contributed by atoms with E-state index in [1.807, 2.05) is 25.1 Å². The molecule has 162 valence electrons. The van der Waals surface area contributed by atoms with Crippen LogP contribution in [0.1, 0.15) is 16.2 Å². The van der Waals surface area contributed by atoms with Crippen LogP contribution in [0.5, 0.6) is 0 Å². The Balaban J connectivity index is 1.41. The minimum atomic E-state index is -0.350.